The lowest BCUT2D eigenvalue weighted by atomic mass is 9.98. The van der Waals surface area contributed by atoms with Gasteiger partial charge in [-0.3, -0.25) is 0 Å². The van der Waals surface area contributed by atoms with Crippen molar-refractivity contribution in [1.82, 2.24) is 9.97 Å². The highest BCUT2D eigenvalue weighted by Gasteiger charge is 2.35. The van der Waals surface area contributed by atoms with Crippen LogP contribution in [0, 0.1) is 0 Å². The van der Waals surface area contributed by atoms with Crippen LogP contribution in [-0.2, 0) is 6.18 Å². The van der Waals surface area contributed by atoms with Crippen LogP contribution in [0.15, 0.2) is 70.7 Å². The van der Waals surface area contributed by atoms with Crippen molar-refractivity contribution in [3.8, 4) is 0 Å². The molecule has 0 spiro atoms. The van der Waals surface area contributed by atoms with Crippen LogP contribution >= 0.6 is 11.8 Å². The minimum Gasteiger partial charge on any atom is -0.314 e. The Kier molecular flexibility index (Phi) is 6.47. The Morgan fingerprint density at radius 2 is 1.69 bits per heavy atom. The molecule has 0 aliphatic carbocycles. The summed E-state index contributed by atoms with van der Waals surface area (Å²) >= 11 is 0.979. The second kappa shape index (κ2) is 8.86. The molecule has 0 saturated carbocycles. The predicted octanol–water partition coefficient (Wildman–Crippen LogP) is 6.93. The number of halogens is 3. The first-order valence-electron chi connectivity index (χ1n) is 9.30. The summed E-state index contributed by atoms with van der Waals surface area (Å²) in [6.07, 6.45) is -2.62. The zero-order valence-corrected chi connectivity index (χ0v) is 17.3. The van der Waals surface area contributed by atoms with E-state index in [0.717, 1.165) is 30.1 Å². The highest BCUT2D eigenvalue weighted by molar-refractivity contribution is 7.99. The number of rotatable bonds is 6. The van der Waals surface area contributed by atoms with Gasteiger partial charge in [-0.25, -0.2) is 9.97 Å². The number of alkyl halides is 3. The Morgan fingerprint density at radius 3 is 2.28 bits per heavy atom. The molecule has 1 heterocycles. The fourth-order valence-electron chi connectivity index (χ4n) is 2.77. The molecule has 0 fully saturated rings. The van der Waals surface area contributed by atoms with Gasteiger partial charge in [0.25, 0.3) is 0 Å². The Hall–Kier alpha value is -2.54. The van der Waals surface area contributed by atoms with Crippen LogP contribution in [0.3, 0.4) is 0 Å². The zero-order chi connectivity index (χ0) is 21.0. The van der Waals surface area contributed by atoms with Gasteiger partial charge in [-0.05, 0) is 42.2 Å². The van der Waals surface area contributed by atoms with E-state index < -0.39 is 11.7 Å². The number of anilines is 2. The fraction of sp³-hybridized carbons (Fsp3) is 0.273. The standard InChI is InChI=1S/C22H22F3N3S/c1-4-15(2)16-10-12-17(13-11-16)28(3)21-26-14-19(22(23,24)25)20(27-21)29-18-8-6-5-7-9-18/h5-15H,4H2,1-3H3. The molecule has 1 atom stereocenters. The van der Waals surface area contributed by atoms with E-state index in [4.69, 9.17) is 0 Å². The van der Waals surface area contributed by atoms with Crippen LogP contribution in [0.5, 0.6) is 0 Å². The van der Waals surface area contributed by atoms with Crippen molar-refractivity contribution < 1.29 is 13.2 Å². The molecule has 0 N–H and O–H groups in total. The summed E-state index contributed by atoms with van der Waals surface area (Å²) in [5.74, 6) is 0.665. The van der Waals surface area contributed by atoms with E-state index in [1.54, 1.807) is 36.2 Å². The van der Waals surface area contributed by atoms with Crippen molar-refractivity contribution in [2.75, 3.05) is 11.9 Å². The fourth-order valence-corrected chi connectivity index (χ4v) is 3.69. The lowest BCUT2D eigenvalue weighted by molar-refractivity contribution is -0.140. The summed E-state index contributed by atoms with van der Waals surface area (Å²) in [6.45, 7) is 4.29. The quantitative estimate of drug-likeness (QED) is 0.407. The summed E-state index contributed by atoms with van der Waals surface area (Å²) < 4.78 is 40.4. The van der Waals surface area contributed by atoms with Crippen LogP contribution < -0.4 is 4.90 Å². The molecule has 3 nitrogen and oxygen atoms in total. The molecule has 2 aromatic carbocycles. The molecule has 7 heteroatoms. The molecule has 0 aliphatic heterocycles. The molecule has 3 aromatic rings. The van der Waals surface area contributed by atoms with Crippen LogP contribution in [0.25, 0.3) is 0 Å². The summed E-state index contributed by atoms with van der Waals surface area (Å²) in [4.78, 5) is 10.6. The largest absolute Gasteiger partial charge is 0.420 e. The second-order valence-corrected chi connectivity index (χ2v) is 7.82. The van der Waals surface area contributed by atoms with Gasteiger partial charge in [0, 0.05) is 23.8 Å². The molecular formula is C22H22F3N3S. The Balaban J connectivity index is 1.94. The Labute approximate surface area is 173 Å². The summed E-state index contributed by atoms with van der Waals surface area (Å²) in [5.41, 5.74) is 1.20. The second-order valence-electron chi connectivity index (χ2n) is 6.76. The van der Waals surface area contributed by atoms with E-state index in [2.05, 4.69) is 23.8 Å². The smallest absolute Gasteiger partial charge is 0.314 e. The highest BCUT2D eigenvalue weighted by Crippen LogP contribution is 2.39. The molecule has 0 bridgehead atoms. The summed E-state index contributed by atoms with van der Waals surface area (Å²) in [7, 11) is 1.75. The topological polar surface area (TPSA) is 29.0 Å². The Bertz CT molecular complexity index is 944. The zero-order valence-electron chi connectivity index (χ0n) is 16.4. The number of hydrogen-bond donors (Lipinski definition) is 0. The van der Waals surface area contributed by atoms with Crippen molar-refractivity contribution in [1.29, 1.82) is 0 Å². The van der Waals surface area contributed by atoms with E-state index >= 15 is 0 Å². The highest BCUT2D eigenvalue weighted by atomic mass is 32.2. The van der Waals surface area contributed by atoms with E-state index in [1.165, 1.54) is 5.56 Å². The van der Waals surface area contributed by atoms with Gasteiger partial charge in [-0.2, -0.15) is 13.2 Å². The van der Waals surface area contributed by atoms with Crippen molar-refractivity contribution in [2.45, 2.75) is 42.3 Å². The van der Waals surface area contributed by atoms with E-state index in [-0.39, 0.29) is 11.0 Å². The van der Waals surface area contributed by atoms with E-state index in [1.807, 2.05) is 30.3 Å². The maximum atomic E-state index is 13.5. The van der Waals surface area contributed by atoms with Crippen LogP contribution in [0.1, 0.15) is 37.3 Å². The average molecular weight is 418 g/mol. The minimum absolute atomic E-state index is 0.114. The molecular weight excluding hydrogens is 395 g/mol. The molecule has 1 unspecified atom stereocenters. The molecule has 0 saturated heterocycles. The summed E-state index contributed by atoms with van der Waals surface area (Å²) in [5, 5.41) is -0.114. The van der Waals surface area contributed by atoms with Gasteiger partial charge in [0.05, 0.1) is 0 Å². The average Bonchev–Trinajstić information content (AvgIpc) is 2.72. The van der Waals surface area contributed by atoms with Gasteiger partial charge >= 0.3 is 6.18 Å². The molecule has 152 valence electrons. The molecule has 0 aliphatic rings. The lowest BCUT2D eigenvalue weighted by Gasteiger charge is -2.20. The third-order valence-corrected chi connectivity index (χ3v) is 5.78. The monoisotopic (exact) mass is 417 g/mol. The van der Waals surface area contributed by atoms with Crippen LogP contribution in [-0.4, -0.2) is 17.0 Å². The first-order valence-corrected chi connectivity index (χ1v) is 10.1. The van der Waals surface area contributed by atoms with Crippen molar-refractivity contribution in [3.63, 3.8) is 0 Å². The summed E-state index contributed by atoms with van der Waals surface area (Å²) in [6, 6.07) is 16.8. The third kappa shape index (κ3) is 5.09. The van der Waals surface area contributed by atoms with Crippen molar-refractivity contribution in [3.05, 3.63) is 71.9 Å². The van der Waals surface area contributed by atoms with Gasteiger partial charge in [0.2, 0.25) is 5.95 Å². The first kappa shape index (κ1) is 21.2. The maximum Gasteiger partial charge on any atom is 0.420 e. The number of nitrogens with zero attached hydrogens (tertiary/aromatic N) is 3. The maximum absolute atomic E-state index is 13.5. The molecule has 3 rings (SSSR count). The van der Waals surface area contributed by atoms with Gasteiger partial charge in [0.1, 0.15) is 10.6 Å². The van der Waals surface area contributed by atoms with E-state index in [9.17, 15) is 13.2 Å². The first-order chi connectivity index (χ1) is 13.8. The third-order valence-electron chi connectivity index (χ3n) is 4.77. The molecule has 1 aromatic heterocycles. The molecule has 0 radical (unpaired) electrons. The minimum atomic E-state index is -4.52. The predicted molar refractivity (Wildman–Crippen MR) is 111 cm³/mol. The SMILES string of the molecule is CCC(C)c1ccc(N(C)c2ncc(C(F)(F)F)c(Sc3ccccc3)n2)cc1. The normalized spacial score (nSPS) is 12.6. The number of hydrogen-bond acceptors (Lipinski definition) is 4. The molecule has 29 heavy (non-hydrogen) atoms. The van der Waals surface area contributed by atoms with Crippen LogP contribution in [0.4, 0.5) is 24.8 Å². The lowest BCUT2D eigenvalue weighted by Crippen LogP contribution is -2.16. The number of benzene rings is 2. The van der Waals surface area contributed by atoms with Crippen molar-refractivity contribution in [2.24, 2.45) is 0 Å². The van der Waals surface area contributed by atoms with Crippen molar-refractivity contribution >= 4 is 23.4 Å². The molecule has 0 amide bonds. The van der Waals surface area contributed by atoms with Gasteiger partial charge in [-0.1, -0.05) is 55.9 Å². The van der Waals surface area contributed by atoms with Crippen LogP contribution in [0.2, 0.25) is 0 Å². The van der Waals surface area contributed by atoms with Gasteiger partial charge in [0.15, 0.2) is 0 Å². The van der Waals surface area contributed by atoms with Gasteiger partial charge in [-0.15, -0.1) is 0 Å². The number of aromatic nitrogens is 2. The Morgan fingerprint density at radius 1 is 1.03 bits per heavy atom. The van der Waals surface area contributed by atoms with Gasteiger partial charge < -0.3 is 4.90 Å². The van der Waals surface area contributed by atoms with E-state index in [0.29, 0.717) is 10.8 Å².